The first-order valence-electron chi connectivity index (χ1n) is 13.6. The number of rotatable bonds is 9. The quantitative estimate of drug-likeness (QED) is 0.299. The monoisotopic (exact) mass is 578 g/mol. The third-order valence-corrected chi connectivity index (χ3v) is 7.44. The number of para-hydroxylation sites is 1. The highest BCUT2D eigenvalue weighted by molar-refractivity contribution is 6.10. The van der Waals surface area contributed by atoms with Crippen molar-refractivity contribution in [2.75, 3.05) is 67.5 Å². The van der Waals surface area contributed by atoms with Gasteiger partial charge in [-0.05, 0) is 36.8 Å². The fourth-order valence-corrected chi connectivity index (χ4v) is 5.28. The largest absolute Gasteiger partial charge is 0.493 e. The molecule has 2 aliphatic heterocycles. The second-order valence-corrected chi connectivity index (χ2v) is 9.80. The van der Waals surface area contributed by atoms with Crippen LogP contribution in [0.1, 0.15) is 26.3 Å². The zero-order chi connectivity index (χ0) is 29.8. The van der Waals surface area contributed by atoms with Crippen LogP contribution >= 0.6 is 0 Å². The lowest BCUT2D eigenvalue weighted by molar-refractivity contribution is 0.0614. The van der Waals surface area contributed by atoms with Crippen LogP contribution in [0.2, 0.25) is 0 Å². The molecule has 3 aromatic rings. The van der Waals surface area contributed by atoms with E-state index in [0.29, 0.717) is 44.2 Å². The fourth-order valence-electron chi connectivity index (χ4n) is 5.28. The minimum absolute atomic E-state index is 0.0491. The Balaban J connectivity index is 1.70. The summed E-state index contributed by atoms with van der Waals surface area (Å²) >= 11 is 0. The number of hydrogen-bond acceptors (Lipinski definition) is 10. The molecule has 0 aliphatic carbocycles. The number of aliphatic hydroxyl groups is 1. The van der Waals surface area contributed by atoms with Gasteiger partial charge in [-0.1, -0.05) is 18.2 Å². The van der Waals surface area contributed by atoms with Crippen molar-refractivity contribution in [1.29, 1.82) is 0 Å². The maximum absolute atomic E-state index is 14.2. The van der Waals surface area contributed by atoms with Crippen molar-refractivity contribution in [2.45, 2.75) is 6.92 Å². The summed E-state index contributed by atoms with van der Waals surface area (Å²) < 4.78 is 34.5. The number of hydrogen-bond donors (Lipinski definition) is 1. The number of β-amino-alcohol motifs (C(OH)–C–C–N with tert-alkyl or cyclic N) is 1. The van der Waals surface area contributed by atoms with E-state index in [1.807, 2.05) is 19.1 Å². The molecule has 11 heteroatoms. The molecule has 0 saturated carbocycles. The summed E-state index contributed by atoms with van der Waals surface area (Å²) in [6, 6.07) is 12.0. The maximum Gasteiger partial charge on any atom is 0.344 e. The molecular weight excluding hydrogens is 544 g/mol. The SMILES string of the molecule is COc1cc(C(=O)N2CCN(CCO)CC2)c(-c2c(C(=O)Oc3ccccc3C)ccc3c2OCO3)c(OC)c1OC. The normalized spacial score (nSPS) is 14.5. The van der Waals surface area contributed by atoms with Gasteiger partial charge in [0.2, 0.25) is 12.5 Å². The Morgan fingerprint density at radius 1 is 0.857 bits per heavy atom. The molecular formula is C31H34N2O9. The Hall–Kier alpha value is -4.48. The molecule has 0 spiro atoms. The maximum atomic E-state index is 14.2. The Morgan fingerprint density at radius 2 is 1.60 bits per heavy atom. The Morgan fingerprint density at radius 3 is 2.26 bits per heavy atom. The van der Waals surface area contributed by atoms with Crippen LogP contribution in [0.3, 0.4) is 0 Å². The van der Waals surface area contributed by atoms with Gasteiger partial charge in [-0.25, -0.2) is 4.79 Å². The number of aliphatic hydroxyl groups excluding tert-OH is 1. The standard InChI is InChI=1S/C31H34N2O9/c1-19-7-5-6-8-22(19)42-31(36)20-9-10-23-27(41-18-40-23)25(20)26-21(17-24(37-2)28(38-3)29(26)39-4)30(35)33-13-11-32(12-14-33)15-16-34/h5-10,17,34H,11-16,18H2,1-4H3. The third kappa shape index (κ3) is 5.40. The first-order valence-corrected chi connectivity index (χ1v) is 13.6. The van der Waals surface area contributed by atoms with E-state index in [4.69, 9.17) is 28.4 Å². The number of nitrogens with zero attached hydrogens (tertiary/aromatic N) is 2. The van der Waals surface area contributed by atoms with E-state index in [9.17, 15) is 14.7 Å². The van der Waals surface area contributed by atoms with Crippen molar-refractivity contribution < 1.29 is 43.1 Å². The van der Waals surface area contributed by atoms with Crippen LogP contribution in [0.4, 0.5) is 0 Å². The highest BCUT2D eigenvalue weighted by Crippen LogP contribution is 2.53. The van der Waals surface area contributed by atoms with Gasteiger partial charge in [0.25, 0.3) is 5.91 Å². The number of aryl methyl sites for hydroxylation is 1. The molecule has 1 fully saturated rings. The van der Waals surface area contributed by atoms with Crippen molar-refractivity contribution in [2.24, 2.45) is 0 Å². The zero-order valence-electron chi connectivity index (χ0n) is 24.1. The lowest BCUT2D eigenvalue weighted by Crippen LogP contribution is -2.49. The molecule has 0 radical (unpaired) electrons. The molecule has 0 unspecified atom stereocenters. The average Bonchev–Trinajstić information content (AvgIpc) is 3.50. The Kier molecular flexibility index (Phi) is 8.69. The van der Waals surface area contributed by atoms with Gasteiger partial charge in [0.1, 0.15) is 5.75 Å². The van der Waals surface area contributed by atoms with Gasteiger partial charge in [-0.2, -0.15) is 0 Å². The number of methoxy groups -OCH3 is 3. The second kappa shape index (κ2) is 12.6. The van der Waals surface area contributed by atoms with E-state index < -0.39 is 5.97 Å². The predicted molar refractivity (Wildman–Crippen MR) is 153 cm³/mol. The van der Waals surface area contributed by atoms with E-state index in [0.717, 1.165) is 5.56 Å². The Bertz CT molecular complexity index is 1480. The molecule has 0 aromatic heterocycles. The second-order valence-electron chi connectivity index (χ2n) is 9.80. The molecule has 2 aliphatic rings. The van der Waals surface area contributed by atoms with Crippen molar-refractivity contribution in [1.82, 2.24) is 9.80 Å². The first kappa shape index (κ1) is 29.0. The number of piperazine rings is 1. The van der Waals surface area contributed by atoms with Gasteiger partial charge in [-0.15, -0.1) is 0 Å². The van der Waals surface area contributed by atoms with Gasteiger partial charge in [0.15, 0.2) is 23.0 Å². The van der Waals surface area contributed by atoms with E-state index in [1.54, 1.807) is 35.2 Å². The highest BCUT2D eigenvalue weighted by Gasteiger charge is 2.35. The number of fused-ring (bicyclic) bond motifs is 1. The number of carbonyl (C=O) groups excluding carboxylic acids is 2. The summed E-state index contributed by atoms with van der Waals surface area (Å²) in [6.07, 6.45) is 0. The van der Waals surface area contributed by atoms with Crippen molar-refractivity contribution in [3.8, 4) is 45.6 Å². The molecule has 1 N–H and O–H groups in total. The smallest absolute Gasteiger partial charge is 0.344 e. The molecule has 0 bridgehead atoms. The van der Waals surface area contributed by atoms with Gasteiger partial charge in [0.05, 0.1) is 39.1 Å². The minimum Gasteiger partial charge on any atom is -0.493 e. The van der Waals surface area contributed by atoms with Gasteiger partial charge in [0, 0.05) is 43.9 Å². The van der Waals surface area contributed by atoms with Gasteiger partial charge in [-0.3, -0.25) is 9.69 Å². The van der Waals surface area contributed by atoms with Crippen LogP contribution in [0, 0.1) is 6.92 Å². The highest BCUT2D eigenvalue weighted by atomic mass is 16.7. The van der Waals surface area contributed by atoms with Crippen LogP contribution in [0.15, 0.2) is 42.5 Å². The molecule has 1 amide bonds. The molecule has 5 rings (SSSR count). The summed E-state index contributed by atoms with van der Waals surface area (Å²) in [5, 5.41) is 9.33. The molecule has 42 heavy (non-hydrogen) atoms. The van der Waals surface area contributed by atoms with Crippen molar-refractivity contribution in [3.63, 3.8) is 0 Å². The molecule has 0 atom stereocenters. The van der Waals surface area contributed by atoms with Crippen LogP contribution in [-0.4, -0.2) is 94.2 Å². The van der Waals surface area contributed by atoms with E-state index in [2.05, 4.69) is 4.90 Å². The third-order valence-electron chi connectivity index (χ3n) is 7.44. The molecule has 3 aromatic carbocycles. The first-order chi connectivity index (χ1) is 20.4. The van der Waals surface area contributed by atoms with E-state index in [-0.39, 0.29) is 64.6 Å². The molecule has 2 heterocycles. The van der Waals surface area contributed by atoms with Gasteiger partial charge >= 0.3 is 5.97 Å². The van der Waals surface area contributed by atoms with Crippen LogP contribution < -0.4 is 28.4 Å². The average molecular weight is 579 g/mol. The minimum atomic E-state index is -0.648. The van der Waals surface area contributed by atoms with Crippen molar-refractivity contribution >= 4 is 11.9 Å². The lowest BCUT2D eigenvalue weighted by atomic mass is 9.91. The summed E-state index contributed by atoms with van der Waals surface area (Å²) in [7, 11) is 4.39. The van der Waals surface area contributed by atoms with E-state index >= 15 is 0 Å². The Labute approximate surface area is 244 Å². The zero-order valence-corrected chi connectivity index (χ0v) is 24.1. The summed E-state index contributed by atoms with van der Waals surface area (Å²) in [5.74, 6) is 0.874. The number of ether oxygens (including phenoxy) is 6. The molecule has 222 valence electrons. The van der Waals surface area contributed by atoms with Crippen LogP contribution in [0.5, 0.6) is 34.5 Å². The number of benzene rings is 3. The van der Waals surface area contributed by atoms with Crippen LogP contribution in [0.25, 0.3) is 11.1 Å². The topological polar surface area (TPSA) is 116 Å². The van der Waals surface area contributed by atoms with Gasteiger partial charge < -0.3 is 38.4 Å². The molecule has 11 nitrogen and oxygen atoms in total. The summed E-state index contributed by atoms with van der Waals surface area (Å²) in [4.78, 5) is 31.8. The summed E-state index contributed by atoms with van der Waals surface area (Å²) in [6.45, 7) is 4.48. The predicted octanol–water partition coefficient (Wildman–Crippen LogP) is 3.39. The number of amides is 1. The molecule has 1 saturated heterocycles. The lowest BCUT2D eigenvalue weighted by Gasteiger charge is -2.35. The van der Waals surface area contributed by atoms with Crippen LogP contribution in [-0.2, 0) is 0 Å². The van der Waals surface area contributed by atoms with E-state index in [1.165, 1.54) is 21.3 Å². The number of esters is 1. The van der Waals surface area contributed by atoms with Crippen molar-refractivity contribution in [3.05, 3.63) is 59.2 Å². The number of carbonyl (C=O) groups is 2. The fraction of sp³-hybridized carbons (Fsp3) is 0.355. The summed E-state index contributed by atoms with van der Waals surface area (Å²) in [5.41, 5.74) is 1.73.